The molecule has 0 radical (unpaired) electrons. The second-order valence-electron chi connectivity index (χ2n) is 3.61. The van der Waals surface area contributed by atoms with Crippen molar-refractivity contribution in [2.45, 2.75) is 6.10 Å². The molecule has 1 aliphatic rings. The lowest BCUT2D eigenvalue weighted by Crippen LogP contribution is -2.24. The van der Waals surface area contributed by atoms with Gasteiger partial charge in [0.25, 0.3) is 0 Å². The number of nitrogens with two attached hydrogens (primary N) is 1. The molecule has 0 spiro atoms. The van der Waals surface area contributed by atoms with E-state index in [1.807, 2.05) is 0 Å². The number of benzene rings is 1. The molecule has 1 aromatic carbocycles. The fourth-order valence-electron chi connectivity index (χ4n) is 1.54. The number of halogens is 1. The highest BCUT2D eigenvalue weighted by Gasteiger charge is 2.30. The molecule has 16 heavy (non-hydrogen) atoms. The Balaban J connectivity index is 2.14. The average Bonchev–Trinajstić information content (AvgIpc) is 2.71. The third-order valence-corrected chi connectivity index (χ3v) is 2.45. The first kappa shape index (κ1) is 10.7. The highest BCUT2D eigenvalue weighted by molar-refractivity contribution is 5.52. The highest BCUT2D eigenvalue weighted by atomic mass is 19.1. The first-order valence-electron chi connectivity index (χ1n) is 4.89. The number of hydrogen-bond acceptors (Lipinski definition) is 4. The molecule has 2 N–H and O–H groups in total. The van der Waals surface area contributed by atoms with Crippen molar-refractivity contribution in [2.75, 3.05) is 18.9 Å². The molecule has 1 fully saturated rings. The molecule has 84 valence electrons. The Labute approximate surface area is 92.4 Å². The molecule has 2 atom stereocenters. The van der Waals surface area contributed by atoms with Crippen LogP contribution in [0.25, 0.3) is 0 Å². The normalized spacial score (nSPS) is 24.0. The molecule has 1 aromatic rings. The first-order chi connectivity index (χ1) is 7.70. The van der Waals surface area contributed by atoms with E-state index in [-0.39, 0.29) is 17.8 Å². The van der Waals surface area contributed by atoms with Crippen molar-refractivity contribution >= 4 is 5.69 Å². The number of nitrogens with zero attached hydrogens (tertiary/aromatic N) is 1. The van der Waals surface area contributed by atoms with E-state index in [0.717, 1.165) is 0 Å². The summed E-state index contributed by atoms with van der Waals surface area (Å²) in [4.78, 5) is 0. The van der Waals surface area contributed by atoms with Gasteiger partial charge in [-0.2, -0.15) is 5.26 Å². The molecule has 0 aromatic heterocycles. The Morgan fingerprint density at radius 1 is 1.50 bits per heavy atom. The van der Waals surface area contributed by atoms with E-state index in [1.54, 1.807) is 0 Å². The largest absolute Gasteiger partial charge is 0.484 e. The van der Waals surface area contributed by atoms with Crippen LogP contribution in [0.2, 0.25) is 0 Å². The van der Waals surface area contributed by atoms with Crippen molar-refractivity contribution in [3.05, 3.63) is 24.0 Å². The van der Waals surface area contributed by atoms with Crippen LogP contribution in [0, 0.1) is 23.1 Å². The Bertz CT molecular complexity index is 430. The van der Waals surface area contributed by atoms with Crippen molar-refractivity contribution in [3.63, 3.8) is 0 Å². The summed E-state index contributed by atoms with van der Waals surface area (Å²) < 4.78 is 23.6. The fraction of sp³-hybridized carbons (Fsp3) is 0.364. The van der Waals surface area contributed by atoms with Crippen molar-refractivity contribution in [2.24, 2.45) is 5.92 Å². The van der Waals surface area contributed by atoms with Crippen molar-refractivity contribution in [3.8, 4) is 11.8 Å². The van der Waals surface area contributed by atoms with E-state index in [2.05, 4.69) is 6.07 Å². The lowest BCUT2D eigenvalue weighted by molar-refractivity contribution is 0.140. The first-order valence-corrected chi connectivity index (χ1v) is 4.89. The predicted octanol–water partition coefficient (Wildman–Crippen LogP) is 1.33. The van der Waals surface area contributed by atoms with Gasteiger partial charge in [-0.05, 0) is 12.1 Å². The number of rotatable bonds is 2. The minimum atomic E-state index is -0.420. The molecule has 0 amide bonds. The zero-order valence-corrected chi connectivity index (χ0v) is 8.52. The van der Waals surface area contributed by atoms with Gasteiger partial charge in [0.05, 0.1) is 25.0 Å². The quantitative estimate of drug-likeness (QED) is 0.766. The minimum Gasteiger partial charge on any atom is -0.484 e. The molecule has 0 unspecified atom stereocenters. The van der Waals surface area contributed by atoms with Crippen LogP contribution in [0.3, 0.4) is 0 Å². The summed E-state index contributed by atoms with van der Waals surface area (Å²) in [6, 6.07) is 5.99. The molecule has 0 saturated carbocycles. The van der Waals surface area contributed by atoms with Crippen LogP contribution < -0.4 is 10.5 Å². The van der Waals surface area contributed by atoms with Gasteiger partial charge in [0, 0.05) is 6.07 Å². The summed E-state index contributed by atoms with van der Waals surface area (Å²) in [5.41, 5.74) is 5.99. The number of nitriles is 1. The second-order valence-corrected chi connectivity index (χ2v) is 3.61. The average molecular weight is 222 g/mol. The molecule has 5 heteroatoms. The van der Waals surface area contributed by atoms with Crippen LogP contribution in [-0.4, -0.2) is 19.3 Å². The summed E-state index contributed by atoms with van der Waals surface area (Å²) in [5, 5.41) is 8.82. The smallest absolute Gasteiger partial charge is 0.145 e. The zero-order chi connectivity index (χ0) is 11.5. The van der Waals surface area contributed by atoms with Gasteiger partial charge in [-0.25, -0.2) is 4.39 Å². The van der Waals surface area contributed by atoms with Crippen LogP contribution >= 0.6 is 0 Å². The monoisotopic (exact) mass is 222 g/mol. The number of hydrogen-bond donors (Lipinski definition) is 1. The molecular formula is C11H11FN2O2. The van der Waals surface area contributed by atoms with Gasteiger partial charge in [-0.15, -0.1) is 0 Å². The predicted molar refractivity (Wildman–Crippen MR) is 55.2 cm³/mol. The molecule has 0 bridgehead atoms. The number of nitrogen functional groups attached to an aromatic ring is 1. The molecule has 1 aliphatic heterocycles. The van der Waals surface area contributed by atoms with Gasteiger partial charge in [0.15, 0.2) is 0 Å². The topological polar surface area (TPSA) is 68.3 Å². The van der Waals surface area contributed by atoms with E-state index in [1.165, 1.54) is 18.2 Å². The van der Waals surface area contributed by atoms with Crippen LogP contribution in [0.5, 0.6) is 5.75 Å². The third kappa shape index (κ3) is 2.07. The summed E-state index contributed by atoms with van der Waals surface area (Å²) in [5.74, 6) is -0.491. The lowest BCUT2D eigenvalue weighted by atomic mass is 10.1. The van der Waals surface area contributed by atoms with Crippen LogP contribution in [-0.2, 0) is 4.74 Å². The molecular weight excluding hydrogens is 211 g/mol. The SMILES string of the molecule is N#C[C@H]1COC[C@@H]1Oc1cc(F)ccc1N. The van der Waals surface area contributed by atoms with Gasteiger partial charge < -0.3 is 15.2 Å². The van der Waals surface area contributed by atoms with Crippen molar-refractivity contribution in [1.29, 1.82) is 5.26 Å². The van der Waals surface area contributed by atoms with Gasteiger partial charge in [0.1, 0.15) is 23.6 Å². The molecule has 0 aliphatic carbocycles. The van der Waals surface area contributed by atoms with Crippen LogP contribution in [0.4, 0.5) is 10.1 Å². The summed E-state index contributed by atoms with van der Waals surface area (Å²) >= 11 is 0. The summed E-state index contributed by atoms with van der Waals surface area (Å²) in [6.07, 6.45) is -0.380. The molecule has 2 rings (SSSR count). The molecule has 1 heterocycles. The van der Waals surface area contributed by atoms with Gasteiger partial charge in [0.2, 0.25) is 0 Å². The fourth-order valence-corrected chi connectivity index (χ4v) is 1.54. The second kappa shape index (κ2) is 4.37. The summed E-state index contributed by atoms with van der Waals surface area (Å²) in [7, 11) is 0. The Hall–Kier alpha value is -1.80. The standard InChI is InChI=1S/C11H11FN2O2/c12-8-1-2-9(14)10(3-8)16-11-6-15-5-7(11)4-13/h1-3,7,11H,5-6,14H2/t7-,11-/m0/s1. The Morgan fingerprint density at radius 2 is 2.31 bits per heavy atom. The maximum absolute atomic E-state index is 13.0. The summed E-state index contributed by atoms with van der Waals surface area (Å²) in [6.45, 7) is 0.671. The Kier molecular flexibility index (Phi) is 2.93. The van der Waals surface area contributed by atoms with Gasteiger partial charge in [-0.1, -0.05) is 0 Å². The zero-order valence-electron chi connectivity index (χ0n) is 8.52. The van der Waals surface area contributed by atoms with Gasteiger partial charge in [-0.3, -0.25) is 0 Å². The minimum absolute atomic E-state index is 0.260. The van der Waals surface area contributed by atoms with Crippen molar-refractivity contribution < 1.29 is 13.9 Å². The number of anilines is 1. The Morgan fingerprint density at radius 3 is 3.06 bits per heavy atom. The van der Waals surface area contributed by atoms with E-state index in [9.17, 15) is 4.39 Å². The third-order valence-electron chi connectivity index (χ3n) is 2.45. The van der Waals surface area contributed by atoms with Crippen LogP contribution in [0.15, 0.2) is 18.2 Å². The van der Waals surface area contributed by atoms with Crippen molar-refractivity contribution in [1.82, 2.24) is 0 Å². The van der Waals surface area contributed by atoms with Gasteiger partial charge >= 0.3 is 0 Å². The van der Waals surface area contributed by atoms with E-state index >= 15 is 0 Å². The maximum atomic E-state index is 13.0. The molecule has 4 nitrogen and oxygen atoms in total. The van der Waals surface area contributed by atoms with E-state index in [4.69, 9.17) is 20.5 Å². The number of ether oxygens (including phenoxy) is 2. The van der Waals surface area contributed by atoms with Crippen LogP contribution in [0.1, 0.15) is 0 Å². The van der Waals surface area contributed by atoms with E-state index < -0.39 is 5.82 Å². The maximum Gasteiger partial charge on any atom is 0.145 e. The molecule has 1 saturated heterocycles. The lowest BCUT2D eigenvalue weighted by Gasteiger charge is -2.16. The van der Waals surface area contributed by atoms with E-state index in [0.29, 0.717) is 18.9 Å². The highest BCUT2D eigenvalue weighted by Crippen LogP contribution is 2.26.